The predicted octanol–water partition coefficient (Wildman–Crippen LogP) is 3.51. The maximum Gasteiger partial charge on any atom is 0.251 e. The lowest BCUT2D eigenvalue weighted by atomic mass is 10.1. The van der Waals surface area contributed by atoms with E-state index >= 15 is 0 Å². The molecule has 1 aliphatic rings. The highest BCUT2D eigenvalue weighted by Gasteiger charge is 2.23. The fourth-order valence-corrected chi connectivity index (χ4v) is 3.64. The van der Waals surface area contributed by atoms with Crippen molar-refractivity contribution in [3.63, 3.8) is 0 Å². The Labute approximate surface area is 165 Å². The third-order valence-corrected chi connectivity index (χ3v) is 5.19. The van der Waals surface area contributed by atoms with Crippen molar-refractivity contribution in [3.8, 4) is 0 Å². The van der Waals surface area contributed by atoms with Crippen molar-refractivity contribution in [1.29, 1.82) is 0 Å². The van der Waals surface area contributed by atoms with Gasteiger partial charge in [-0.05, 0) is 61.7 Å². The molecule has 0 unspecified atom stereocenters. The summed E-state index contributed by atoms with van der Waals surface area (Å²) in [4.78, 5) is 27.8. The smallest absolute Gasteiger partial charge is 0.251 e. The molecule has 5 nitrogen and oxygen atoms in total. The number of nitrogens with one attached hydrogen (secondary N) is 1. The minimum atomic E-state index is -0.280. The van der Waals surface area contributed by atoms with Crippen molar-refractivity contribution >= 4 is 23.2 Å². The van der Waals surface area contributed by atoms with Gasteiger partial charge in [0, 0.05) is 44.4 Å². The lowest BCUT2D eigenvalue weighted by Crippen LogP contribution is -2.26. The van der Waals surface area contributed by atoms with Crippen LogP contribution in [0.2, 0.25) is 0 Å². The quantitative estimate of drug-likeness (QED) is 0.831. The van der Waals surface area contributed by atoms with Gasteiger partial charge in [-0.25, -0.2) is 4.39 Å². The van der Waals surface area contributed by atoms with Gasteiger partial charge in [0.15, 0.2) is 0 Å². The Kier molecular flexibility index (Phi) is 5.97. The third-order valence-electron chi connectivity index (χ3n) is 5.19. The number of carbonyl (C=O) groups excluding carboxylic acids is 2. The SMILES string of the molecule is CCN(CC)c1ccc(CNC(=O)c2ccc3c(c2)CCN3C(C)=O)cc1F. The average Bonchev–Trinajstić information content (AvgIpc) is 3.12. The molecular formula is C22H26FN3O2. The number of amides is 2. The highest BCUT2D eigenvalue weighted by molar-refractivity contribution is 5.97. The maximum absolute atomic E-state index is 14.4. The van der Waals surface area contributed by atoms with Crippen LogP contribution >= 0.6 is 0 Å². The molecule has 6 heteroatoms. The second-order valence-electron chi connectivity index (χ2n) is 6.90. The van der Waals surface area contributed by atoms with Gasteiger partial charge < -0.3 is 15.1 Å². The number of benzene rings is 2. The molecular weight excluding hydrogens is 357 g/mol. The Morgan fingerprint density at radius 2 is 1.89 bits per heavy atom. The van der Waals surface area contributed by atoms with Crippen molar-refractivity contribution in [2.45, 2.75) is 33.7 Å². The minimum Gasteiger partial charge on any atom is -0.370 e. The molecule has 148 valence electrons. The molecule has 1 N–H and O–H groups in total. The van der Waals surface area contributed by atoms with Crippen LogP contribution in [0.1, 0.15) is 42.3 Å². The van der Waals surface area contributed by atoms with Gasteiger partial charge >= 0.3 is 0 Å². The van der Waals surface area contributed by atoms with E-state index in [0.29, 0.717) is 23.4 Å². The lowest BCUT2D eigenvalue weighted by molar-refractivity contribution is -0.116. The number of hydrogen-bond acceptors (Lipinski definition) is 3. The molecule has 0 radical (unpaired) electrons. The number of halogens is 1. The molecule has 0 fully saturated rings. The summed E-state index contributed by atoms with van der Waals surface area (Å²) < 4.78 is 14.4. The average molecular weight is 383 g/mol. The van der Waals surface area contributed by atoms with Crippen LogP contribution in [0, 0.1) is 5.82 Å². The summed E-state index contributed by atoms with van der Waals surface area (Å²) in [5, 5.41) is 2.84. The molecule has 2 aromatic rings. The summed E-state index contributed by atoms with van der Waals surface area (Å²) in [6, 6.07) is 10.4. The predicted molar refractivity (Wildman–Crippen MR) is 109 cm³/mol. The molecule has 3 rings (SSSR count). The molecule has 1 aliphatic heterocycles. The van der Waals surface area contributed by atoms with Crippen LogP contribution in [0.4, 0.5) is 15.8 Å². The highest BCUT2D eigenvalue weighted by Crippen LogP contribution is 2.29. The summed E-state index contributed by atoms with van der Waals surface area (Å²) in [6.45, 7) is 7.90. The zero-order chi connectivity index (χ0) is 20.3. The summed E-state index contributed by atoms with van der Waals surface area (Å²) in [6.07, 6.45) is 0.744. The second-order valence-corrected chi connectivity index (χ2v) is 6.90. The largest absolute Gasteiger partial charge is 0.370 e. The molecule has 0 aliphatic carbocycles. The van der Waals surface area contributed by atoms with Crippen LogP contribution in [0.5, 0.6) is 0 Å². The van der Waals surface area contributed by atoms with Crippen LogP contribution < -0.4 is 15.1 Å². The van der Waals surface area contributed by atoms with Crippen LogP contribution in [0.3, 0.4) is 0 Å². The Hall–Kier alpha value is -2.89. The summed E-state index contributed by atoms with van der Waals surface area (Å²) in [5.41, 5.74) is 3.71. The standard InChI is InChI=1S/C22H26FN3O2/c1-4-25(5-2)21-8-6-16(12-19(21)23)14-24-22(28)18-7-9-20-17(13-18)10-11-26(20)15(3)27/h6-9,12-13H,4-5,10-11,14H2,1-3H3,(H,24,28). The first-order valence-corrected chi connectivity index (χ1v) is 9.67. The normalized spacial score (nSPS) is 12.6. The number of nitrogens with zero attached hydrogens (tertiary/aromatic N) is 2. The number of anilines is 2. The number of hydrogen-bond donors (Lipinski definition) is 1. The highest BCUT2D eigenvalue weighted by atomic mass is 19.1. The number of carbonyl (C=O) groups is 2. The van der Waals surface area contributed by atoms with E-state index in [0.717, 1.165) is 30.8 Å². The van der Waals surface area contributed by atoms with Crippen LogP contribution in [-0.2, 0) is 17.8 Å². The summed E-state index contributed by atoms with van der Waals surface area (Å²) >= 11 is 0. The van der Waals surface area contributed by atoms with Crippen molar-refractivity contribution in [2.24, 2.45) is 0 Å². The molecule has 0 spiro atoms. The summed E-state index contributed by atoms with van der Waals surface area (Å²) in [7, 11) is 0. The fraction of sp³-hybridized carbons (Fsp3) is 0.364. The van der Waals surface area contributed by atoms with Crippen LogP contribution in [-0.4, -0.2) is 31.4 Å². The molecule has 0 aromatic heterocycles. The third kappa shape index (κ3) is 4.01. The van der Waals surface area contributed by atoms with E-state index in [-0.39, 0.29) is 24.2 Å². The number of fused-ring (bicyclic) bond motifs is 1. The molecule has 2 amide bonds. The Balaban J connectivity index is 1.66. The maximum atomic E-state index is 14.4. The Morgan fingerprint density at radius 3 is 2.54 bits per heavy atom. The minimum absolute atomic E-state index is 0.00568. The molecule has 0 bridgehead atoms. The second kappa shape index (κ2) is 8.42. The Bertz CT molecular complexity index is 893. The van der Waals surface area contributed by atoms with Crippen molar-refractivity contribution < 1.29 is 14.0 Å². The fourth-order valence-electron chi connectivity index (χ4n) is 3.64. The van der Waals surface area contributed by atoms with Crippen LogP contribution in [0.25, 0.3) is 0 Å². The zero-order valence-electron chi connectivity index (χ0n) is 16.6. The van der Waals surface area contributed by atoms with Gasteiger partial charge in [-0.2, -0.15) is 0 Å². The topological polar surface area (TPSA) is 52.7 Å². The van der Waals surface area contributed by atoms with Gasteiger partial charge in [0.2, 0.25) is 5.91 Å². The van der Waals surface area contributed by atoms with E-state index in [2.05, 4.69) is 5.32 Å². The van der Waals surface area contributed by atoms with E-state index in [4.69, 9.17) is 0 Å². The van der Waals surface area contributed by atoms with E-state index < -0.39 is 0 Å². The zero-order valence-corrected chi connectivity index (χ0v) is 16.6. The molecule has 28 heavy (non-hydrogen) atoms. The lowest BCUT2D eigenvalue weighted by Gasteiger charge is -2.22. The molecule has 2 aromatic carbocycles. The molecule has 0 atom stereocenters. The van der Waals surface area contributed by atoms with Crippen molar-refractivity contribution in [3.05, 3.63) is 58.9 Å². The monoisotopic (exact) mass is 383 g/mol. The first-order chi connectivity index (χ1) is 13.4. The number of rotatable bonds is 6. The first-order valence-electron chi connectivity index (χ1n) is 9.67. The molecule has 0 saturated heterocycles. The van der Waals surface area contributed by atoms with Gasteiger partial charge in [0.1, 0.15) is 5.82 Å². The van der Waals surface area contributed by atoms with Crippen molar-refractivity contribution in [1.82, 2.24) is 5.32 Å². The van der Waals surface area contributed by atoms with Gasteiger partial charge in [-0.15, -0.1) is 0 Å². The molecule has 1 heterocycles. The summed E-state index contributed by atoms with van der Waals surface area (Å²) in [5.74, 6) is -0.485. The van der Waals surface area contributed by atoms with Gasteiger partial charge in [-0.1, -0.05) is 6.07 Å². The van der Waals surface area contributed by atoms with Gasteiger partial charge in [0.05, 0.1) is 5.69 Å². The van der Waals surface area contributed by atoms with Gasteiger partial charge in [0.25, 0.3) is 5.91 Å². The first kappa shape index (κ1) is 19.9. The van der Waals surface area contributed by atoms with Gasteiger partial charge in [-0.3, -0.25) is 9.59 Å². The van der Waals surface area contributed by atoms with E-state index in [9.17, 15) is 14.0 Å². The van der Waals surface area contributed by atoms with Crippen LogP contribution in [0.15, 0.2) is 36.4 Å². The van der Waals surface area contributed by atoms with E-state index in [1.165, 1.54) is 6.07 Å². The Morgan fingerprint density at radius 1 is 1.14 bits per heavy atom. The van der Waals surface area contributed by atoms with E-state index in [1.807, 2.05) is 36.9 Å². The molecule has 0 saturated carbocycles. The van der Waals surface area contributed by atoms with Crippen molar-refractivity contribution in [2.75, 3.05) is 29.4 Å². The van der Waals surface area contributed by atoms with E-state index in [1.54, 1.807) is 24.0 Å².